The molecule has 14 aromatic carbocycles. The van der Waals surface area contributed by atoms with E-state index < -0.39 is 9.84 Å². The number of benzene rings is 14. The van der Waals surface area contributed by atoms with E-state index in [-0.39, 0.29) is 64.9 Å². The van der Waals surface area contributed by atoms with E-state index in [9.17, 15) is 44.2 Å². The molecule has 0 radical (unpaired) electrons. The number of sulfone groups is 1. The fraction of sp³-hybridized carbons (Fsp3) is 0.276. The first kappa shape index (κ1) is 95.1. The summed E-state index contributed by atoms with van der Waals surface area (Å²) in [5, 5.41) is 76.3. The Bertz CT molecular complexity index is 5630. The minimum Gasteiger partial charge on any atom is -0.508 e. The molecule has 0 saturated heterocycles. The Hall–Kier alpha value is -12.6. The second kappa shape index (κ2) is 40.8. The molecule has 8 N–H and O–H groups in total. The molecule has 11 heteroatoms. The maximum Gasteiger partial charge on any atom is 0.206 e. The Balaban J connectivity index is 0.000000149. The van der Waals surface area contributed by atoms with Crippen LogP contribution in [0.25, 0.3) is 0 Å². The molecule has 1 atom stereocenters. The van der Waals surface area contributed by atoms with Crippen LogP contribution < -0.4 is 0 Å². The van der Waals surface area contributed by atoms with Crippen LogP contribution in [0, 0.1) is 39.0 Å². The van der Waals surface area contributed by atoms with Gasteiger partial charge in [-0.15, -0.1) is 0 Å². The van der Waals surface area contributed by atoms with Gasteiger partial charge in [-0.3, -0.25) is 0 Å². The standard InChI is InChI=1S/2C25H28O.C21H26O2.C19H22O.C13H12O3S.C13H12O2/c1-18-6-8-19(9-7-18)24(2,3)20-10-12-21(13-11-20)25(4,5)22-14-16-23(26)17-15-22;1-18-9-11-19(12-10-18)24(2,3)21-7-6-8-22(17-21)25(4,5)20-13-15-23(26)16-14-20;1-15-12-20(2,3)14-21(13-15,16-4-8-18(22)9-5-16)17-6-10-19(23)11-7-17;1-15-5-7-16(8-6-15)19(13-3-2-4-14-19)17-9-11-18(20)12-10-17;1-10-2-6-12(7-3-10)17(15,16)13-8-4-11(14)5-9-13;14-12-7-3-1-5-10(12)9-11-6-2-4-8-13(11)15/h2*6-17,26H,1-5H3;4-11,15,22-23H,12-14H2,1-3H3;5-12,20H,2-4,13-14H2,1H3;2-9,14H,1H3;1-8,14-15H,9H2. The van der Waals surface area contributed by atoms with E-state index in [0.717, 1.165) is 29.5 Å². The highest BCUT2D eigenvalue weighted by molar-refractivity contribution is 7.91. The molecule has 2 fully saturated rings. The van der Waals surface area contributed by atoms with Crippen LogP contribution >= 0.6 is 0 Å². The summed E-state index contributed by atoms with van der Waals surface area (Å²) in [6, 6.07) is 109. The third kappa shape index (κ3) is 23.8. The zero-order valence-electron chi connectivity index (χ0n) is 76.6. The van der Waals surface area contributed by atoms with Gasteiger partial charge in [-0.2, -0.15) is 0 Å². The van der Waals surface area contributed by atoms with Gasteiger partial charge in [0, 0.05) is 38.9 Å². The van der Waals surface area contributed by atoms with Crippen molar-refractivity contribution >= 4 is 9.84 Å². The van der Waals surface area contributed by atoms with E-state index in [1.54, 1.807) is 97.1 Å². The fourth-order valence-electron chi connectivity index (χ4n) is 18.3. The van der Waals surface area contributed by atoms with Gasteiger partial charge in [0.2, 0.25) is 9.84 Å². The van der Waals surface area contributed by atoms with Gasteiger partial charge in [-0.25, -0.2) is 8.42 Å². The Kier molecular flexibility index (Phi) is 30.6. The fourth-order valence-corrected chi connectivity index (χ4v) is 19.5. The van der Waals surface area contributed by atoms with Crippen LogP contribution in [0.15, 0.2) is 350 Å². The molecule has 0 spiro atoms. The van der Waals surface area contributed by atoms with Crippen molar-refractivity contribution in [2.75, 3.05) is 0 Å². The molecule has 127 heavy (non-hydrogen) atoms. The average molecular weight is 1710 g/mol. The Labute approximate surface area is 755 Å². The first-order valence-corrected chi connectivity index (χ1v) is 45.7. The van der Waals surface area contributed by atoms with Gasteiger partial charge >= 0.3 is 0 Å². The average Bonchev–Trinajstić information content (AvgIpc) is 0.735. The molecular formula is C116H128O10S. The zero-order valence-corrected chi connectivity index (χ0v) is 77.4. The summed E-state index contributed by atoms with van der Waals surface area (Å²) in [5.41, 5.74) is 22.0. The molecule has 0 aliphatic heterocycles. The number of phenolic OH excluding ortho intramolecular Hbond substituents is 8. The van der Waals surface area contributed by atoms with Gasteiger partial charge in [0.05, 0.1) is 9.79 Å². The largest absolute Gasteiger partial charge is 0.508 e. The topological polar surface area (TPSA) is 196 Å². The van der Waals surface area contributed by atoms with Crippen molar-refractivity contribution in [1.82, 2.24) is 0 Å². The first-order chi connectivity index (χ1) is 60.2. The second-order valence-electron chi connectivity index (χ2n) is 37.8. The molecule has 658 valence electrons. The van der Waals surface area contributed by atoms with E-state index in [1.165, 1.54) is 146 Å². The summed E-state index contributed by atoms with van der Waals surface area (Å²) in [6.07, 6.45) is 10.3. The summed E-state index contributed by atoms with van der Waals surface area (Å²) in [5.74, 6) is 2.77. The van der Waals surface area contributed by atoms with Crippen molar-refractivity contribution in [3.8, 4) is 46.0 Å². The lowest BCUT2D eigenvalue weighted by atomic mass is 9.55. The van der Waals surface area contributed by atoms with Gasteiger partial charge in [0.15, 0.2) is 0 Å². The third-order valence-corrected chi connectivity index (χ3v) is 27.9. The highest BCUT2D eigenvalue weighted by Gasteiger charge is 2.45. The highest BCUT2D eigenvalue weighted by Crippen LogP contribution is 2.54. The van der Waals surface area contributed by atoms with Crippen LogP contribution in [0.4, 0.5) is 0 Å². The molecule has 14 aromatic rings. The molecule has 16 rings (SSSR count). The Morgan fingerprint density at radius 1 is 0.291 bits per heavy atom. The summed E-state index contributed by atoms with van der Waals surface area (Å²) >= 11 is 0. The van der Waals surface area contributed by atoms with Crippen molar-refractivity contribution in [2.45, 2.75) is 204 Å². The van der Waals surface area contributed by atoms with Crippen molar-refractivity contribution < 1.29 is 49.3 Å². The van der Waals surface area contributed by atoms with E-state index in [2.05, 4.69) is 255 Å². The Morgan fingerprint density at radius 3 is 0.866 bits per heavy atom. The quantitative estimate of drug-likeness (QED) is 0.0461. The molecule has 0 bridgehead atoms. The van der Waals surface area contributed by atoms with Crippen LogP contribution in [0.2, 0.25) is 0 Å². The van der Waals surface area contributed by atoms with Gasteiger partial charge < -0.3 is 40.9 Å². The maximum absolute atomic E-state index is 12.2. The molecular weight excluding hydrogens is 1590 g/mol. The lowest BCUT2D eigenvalue weighted by Crippen LogP contribution is -2.41. The van der Waals surface area contributed by atoms with Gasteiger partial charge in [-0.1, -0.05) is 348 Å². The highest BCUT2D eigenvalue weighted by atomic mass is 32.2. The Morgan fingerprint density at radius 2 is 0.543 bits per heavy atom. The van der Waals surface area contributed by atoms with E-state index in [1.807, 2.05) is 67.6 Å². The molecule has 1 unspecified atom stereocenters. The monoisotopic (exact) mass is 1710 g/mol. The van der Waals surface area contributed by atoms with Crippen molar-refractivity contribution in [3.05, 3.63) is 440 Å². The SMILES string of the molecule is CC1CC(C)(C)CC(c2ccc(O)cc2)(c2ccc(O)cc2)C1.Cc1ccc(C(C)(C)c2ccc(C(C)(C)c3ccc(O)cc3)cc2)cc1.Cc1ccc(C(C)(C)c2cccc(C(C)(C)c3ccc(O)cc3)c2)cc1.Cc1ccc(C2(c3ccc(O)cc3)CCCCC2)cc1.Cc1ccc(S(=O)(=O)c2ccc(O)cc2)cc1.Oc1ccccc1Cc1ccccc1O. The minimum atomic E-state index is -3.48. The summed E-state index contributed by atoms with van der Waals surface area (Å²) in [6.45, 7) is 33.3. The first-order valence-electron chi connectivity index (χ1n) is 44.3. The lowest BCUT2D eigenvalue weighted by molar-refractivity contribution is 0.127. The van der Waals surface area contributed by atoms with Crippen molar-refractivity contribution in [2.24, 2.45) is 11.3 Å². The molecule has 2 aliphatic rings. The molecule has 0 aromatic heterocycles. The van der Waals surface area contributed by atoms with Crippen molar-refractivity contribution in [1.29, 1.82) is 0 Å². The summed E-state index contributed by atoms with van der Waals surface area (Å²) in [4.78, 5) is 0.438. The number of para-hydroxylation sites is 2. The van der Waals surface area contributed by atoms with Crippen molar-refractivity contribution in [3.63, 3.8) is 0 Å². The lowest BCUT2D eigenvalue weighted by Gasteiger charge is -2.48. The summed E-state index contributed by atoms with van der Waals surface area (Å²) < 4.78 is 24.3. The van der Waals surface area contributed by atoms with Gasteiger partial charge in [0.25, 0.3) is 0 Å². The van der Waals surface area contributed by atoms with Crippen LogP contribution in [-0.2, 0) is 48.7 Å². The van der Waals surface area contributed by atoms with Crippen LogP contribution in [0.1, 0.15) is 228 Å². The van der Waals surface area contributed by atoms with Gasteiger partial charge in [-0.05, 0) is 258 Å². The summed E-state index contributed by atoms with van der Waals surface area (Å²) in [7, 11) is -3.48. The predicted molar refractivity (Wildman–Crippen MR) is 521 cm³/mol. The minimum absolute atomic E-state index is 0.0328. The van der Waals surface area contributed by atoms with E-state index in [4.69, 9.17) is 5.11 Å². The normalized spacial score (nSPS) is 14.6. The molecule has 10 nitrogen and oxygen atoms in total. The maximum atomic E-state index is 12.2. The second-order valence-corrected chi connectivity index (χ2v) is 39.8. The molecule has 0 amide bonds. The van der Waals surface area contributed by atoms with Crippen LogP contribution in [0.3, 0.4) is 0 Å². The van der Waals surface area contributed by atoms with E-state index >= 15 is 0 Å². The smallest absolute Gasteiger partial charge is 0.206 e. The number of phenols is 8. The number of aromatic hydroxyl groups is 8. The number of hydrogen-bond donors (Lipinski definition) is 8. The number of rotatable bonds is 16. The molecule has 2 saturated carbocycles. The number of aryl methyl sites for hydroxylation is 4. The van der Waals surface area contributed by atoms with E-state index in [0.29, 0.717) is 41.1 Å². The van der Waals surface area contributed by atoms with Gasteiger partial charge in [0.1, 0.15) is 46.0 Å². The molecule has 2 aliphatic carbocycles. The van der Waals surface area contributed by atoms with Crippen LogP contribution in [0.5, 0.6) is 46.0 Å². The molecule has 0 heterocycles. The predicted octanol–water partition coefficient (Wildman–Crippen LogP) is 28.1. The zero-order chi connectivity index (χ0) is 91.7. The van der Waals surface area contributed by atoms with Crippen LogP contribution in [-0.4, -0.2) is 49.3 Å². The third-order valence-electron chi connectivity index (χ3n) is 26.2. The number of hydrogen-bond acceptors (Lipinski definition) is 10.